The molecule has 1 atom stereocenters. The van der Waals surface area contributed by atoms with E-state index in [0.717, 1.165) is 11.8 Å². The lowest BCUT2D eigenvalue weighted by molar-refractivity contribution is 0.327. The predicted molar refractivity (Wildman–Crippen MR) is 71.0 cm³/mol. The minimum absolute atomic E-state index is 0.547. The summed E-state index contributed by atoms with van der Waals surface area (Å²) in [5.41, 5.74) is 3.03. The van der Waals surface area contributed by atoms with E-state index in [4.69, 9.17) is 5.84 Å². The molecule has 96 valence electrons. The van der Waals surface area contributed by atoms with E-state index in [1.165, 1.54) is 57.8 Å². The van der Waals surface area contributed by atoms with Crippen LogP contribution in [0.4, 0.5) is 0 Å². The summed E-state index contributed by atoms with van der Waals surface area (Å²) in [5, 5.41) is 0. The van der Waals surface area contributed by atoms with Gasteiger partial charge in [0.25, 0.3) is 0 Å². The fraction of sp³-hybridized carbons (Fsp3) is 1.00. The highest BCUT2D eigenvalue weighted by molar-refractivity contribution is 4.73. The van der Waals surface area contributed by atoms with Gasteiger partial charge in [0.05, 0.1) is 0 Å². The first-order chi connectivity index (χ1) is 7.72. The van der Waals surface area contributed by atoms with Crippen LogP contribution in [-0.4, -0.2) is 6.04 Å². The Kier molecular flexibility index (Phi) is 7.06. The zero-order chi connectivity index (χ0) is 11.8. The molecule has 0 aromatic carbocycles. The summed E-state index contributed by atoms with van der Waals surface area (Å²) in [6, 6.07) is 0.547. The molecule has 0 radical (unpaired) electrons. The van der Waals surface area contributed by atoms with Gasteiger partial charge >= 0.3 is 0 Å². The summed E-state index contributed by atoms with van der Waals surface area (Å²) in [7, 11) is 0. The number of hydrogen-bond donors (Lipinski definition) is 2. The van der Waals surface area contributed by atoms with Crippen LogP contribution in [0.3, 0.4) is 0 Å². The van der Waals surface area contributed by atoms with Crippen molar-refractivity contribution in [2.45, 2.75) is 77.7 Å². The number of nitrogens with two attached hydrogens (primary N) is 1. The maximum atomic E-state index is 5.67. The Morgan fingerprint density at radius 2 is 1.69 bits per heavy atom. The molecule has 2 nitrogen and oxygen atoms in total. The Bertz CT molecular complexity index is 160. The molecule has 16 heavy (non-hydrogen) atoms. The summed E-state index contributed by atoms with van der Waals surface area (Å²) in [6.07, 6.45) is 12.5. The van der Waals surface area contributed by atoms with Crippen LogP contribution in [0.5, 0.6) is 0 Å². The molecule has 2 heteroatoms. The van der Waals surface area contributed by atoms with Crippen molar-refractivity contribution >= 4 is 0 Å². The van der Waals surface area contributed by atoms with Crippen LogP contribution in [0.15, 0.2) is 0 Å². The topological polar surface area (TPSA) is 38.0 Å². The molecule has 1 aliphatic carbocycles. The Balaban J connectivity index is 2.24. The van der Waals surface area contributed by atoms with Crippen LogP contribution in [-0.2, 0) is 0 Å². The lowest BCUT2D eigenvalue weighted by atomic mass is 9.90. The molecule has 1 rings (SSSR count). The Hall–Kier alpha value is -0.0800. The highest BCUT2D eigenvalue weighted by Crippen LogP contribution is 2.27. The molecular weight excluding hydrogens is 196 g/mol. The van der Waals surface area contributed by atoms with Crippen LogP contribution in [0, 0.1) is 11.8 Å². The molecule has 0 spiro atoms. The minimum atomic E-state index is 0.547. The number of hydrogen-bond acceptors (Lipinski definition) is 2. The third-order valence-corrected chi connectivity index (χ3v) is 3.92. The van der Waals surface area contributed by atoms with Crippen molar-refractivity contribution in [2.24, 2.45) is 17.7 Å². The van der Waals surface area contributed by atoms with E-state index in [1.807, 2.05) is 0 Å². The zero-order valence-corrected chi connectivity index (χ0v) is 11.2. The Morgan fingerprint density at radius 1 is 1.06 bits per heavy atom. The minimum Gasteiger partial charge on any atom is -0.271 e. The van der Waals surface area contributed by atoms with Crippen molar-refractivity contribution < 1.29 is 0 Å². The fourth-order valence-electron chi connectivity index (χ4n) is 2.81. The maximum Gasteiger partial charge on any atom is 0.0213 e. The highest BCUT2D eigenvalue weighted by atomic mass is 15.2. The van der Waals surface area contributed by atoms with Gasteiger partial charge in [0.2, 0.25) is 0 Å². The van der Waals surface area contributed by atoms with Gasteiger partial charge in [-0.2, -0.15) is 0 Å². The first-order valence-corrected chi connectivity index (χ1v) is 7.18. The molecule has 1 unspecified atom stereocenters. The van der Waals surface area contributed by atoms with Gasteiger partial charge in [0.15, 0.2) is 0 Å². The molecule has 0 amide bonds. The lowest BCUT2D eigenvalue weighted by Crippen LogP contribution is -2.36. The van der Waals surface area contributed by atoms with Crippen molar-refractivity contribution in [3.63, 3.8) is 0 Å². The van der Waals surface area contributed by atoms with E-state index in [9.17, 15) is 0 Å². The second kappa shape index (κ2) is 8.08. The van der Waals surface area contributed by atoms with Gasteiger partial charge in [-0.25, -0.2) is 0 Å². The van der Waals surface area contributed by atoms with Crippen molar-refractivity contribution in [2.75, 3.05) is 0 Å². The molecule has 3 N–H and O–H groups in total. The summed E-state index contributed by atoms with van der Waals surface area (Å²) in [6.45, 7) is 4.58. The lowest BCUT2D eigenvalue weighted by Gasteiger charge is -2.22. The van der Waals surface area contributed by atoms with Crippen molar-refractivity contribution in [1.29, 1.82) is 0 Å². The SMILES string of the molecule is CC(C)CCC(CC1CCCCCC1)NN. The molecule has 0 aromatic heterocycles. The molecule has 1 saturated carbocycles. The third-order valence-electron chi connectivity index (χ3n) is 3.92. The number of rotatable bonds is 6. The largest absolute Gasteiger partial charge is 0.271 e. The van der Waals surface area contributed by atoms with Gasteiger partial charge in [-0.05, 0) is 31.1 Å². The summed E-state index contributed by atoms with van der Waals surface area (Å²) in [5.74, 6) is 7.39. The molecule has 0 bridgehead atoms. The van der Waals surface area contributed by atoms with E-state index < -0.39 is 0 Å². The molecule has 0 heterocycles. The van der Waals surface area contributed by atoms with Crippen molar-refractivity contribution in [1.82, 2.24) is 5.43 Å². The smallest absolute Gasteiger partial charge is 0.0213 e. The van der Waals surface area contributed by atoms with Gasteiger partial charge in [-0.3, -0.25) is 11.3 Å². The number of hydrazine groups is 1. The quantitative estimate of drug-likeness (QED) is 0.412. The summed E-state index contributed by atoms with van der Waals surface area (Å²) < 4.78 is 0. The Labute approximate surface area is 101 Å². The predicted octanol–water partition coefficient (Wildman–Crippen LogP) is 3.62. The molecule has 0 aliphatic heterocycles. The van der Waals surface area contributed by atoms with Crippen molar-refractivity contribution in [3.8, 4) is 0 Å². The third kappa shape index (κ3) is 5.86. The zero-order valence-electron chi connectivity index (χ0n) is 11.2. The van der Waals surface area contributed by atoms with Crippen LogP contribution in [0.2, 0.25) is 0 Å². The van der Waals surface area contributed by atoms with E-state index in [1.54, 1.807) is 0 Å². The van der Waals surface area contributed by atoms with Crippen LogP contribution in [0.25, 0.3) is 0 Å². The second-order valence-corrected chi connectivity index (χ2v) is 5.93. The average Bonchev–Trinajstić information content (AvgIpc) is 2.52. The molecule has 1 fully saturated rings. The first-order valence-electron chi connectivity index (χ1n) is 7.18. The summed E-state index contributed by atoms with van der Waals surface area (Å²) in [4.78, 5) is 0. The van der Waals surface area contributed by atoms with E-state index in [2.05, 4.69) is 19.3 Å². The van der Waals surface area contributed by atoms with Gasteiger partial charge in [-0.15, -0.1) is 0 Å². The fourth-order valence-corrected chi connectivity index (χ4v) is 2.81. The molecule has 0 aromatic rings. The van der Waals surface area contributed by atoms with Gasteiger partial charge < -0.3 is 0 Å². The normalized spacial score (nSPS) is 21.0. The van der Waals surface area contributed by atoms with Crippen molar-refractivity contribution in [3.05, 3.63) is 0 Å². The van der Waals surface area contributed by atoms with Gasteiger partial charge in [-0.1, -0.05) is 52.4 Å². The Morgan fingerprint density at radius 3 is 2.19 bits per heavy atom. The average molecular weight is 226 g/mol. The first kappa shape index (κ1) is 14.0. The van der Waals surface area contributed by atoms with Gasteiger partial charge in [0, 0.05) is 6.04 Å². The van der Waals surface area contributed by atoms with Crippen LogP contribution >= 0.6 is 0 Å². The summed E-state index contributed by atoms with van der Waals surface area (Å²) >= 11 is 0. The monoisotopic (exact) mass is 226 g/mol. The second-order valence-electron chi connectivity index (χ2n) is 5.93. The van der Waals surface area contributed by atoms with E-state index in [-0.39, 0.29) is 0 Å². The maximum absolute atomic E-state index is 5.67. The molecule has 1 aliphatic rings. The van der Waals surface area contributed by atoms with Crippen LogP contribution in [0.1, 0.15) is 71.6 Å². The number of nitrogens with one attached hydrogen (secondary N) is 1. The molecular formula is C14H30N2. The highest BCUT2D eigenvalue weighted by Gasteiger charge is 2.17. The van der Waals surface area contributed by atoms with E-state index >= 15 is 0 Å². The van der Waals surface area contributed by atoms with Gasteiger partial charge in [0.1, 0.15) is 0 Å². The van der Waals surface area contributed by atoms with E-state index in [0.29, 0.717) is 6.04 Å². The van der Waals surface area contributed by atoms with Crippen LogP contribution < -0.4 is 11.3 Å². The standard InChI is InChI=1S/C14H30N2/c1-12(2)9-10-14(16-15)11-13-7-5-3-4-6-8-13/h12-14,16H,3-11,15H2,1-2H3. The molecule has 0 saturated heterocycles.